The summed E-state index contributed by atoms with van der Waals surface area (Å²) in [6.07, 6.45) is 3.79. The highest BCUT2D eigenvalue weighted by Gasteiger charge is 2.22. The Morgan fingerprint density at radius 3 is 2.79 bits per heavy atom. The summed E-state index contributed by atoms with van der Waals surface area (Å²) in [5, 5.41) is 1.71. The van der Waals surface area contributed by atoms with Crippen LogP contribution in [-0.4, -0.2) is 32.0 Å². The largest absolute Gasteiger partial charge is 0.347 e. The SMILES string of the molecule is Cc1nsc(N2CCC(Cn3cnc4ccccc4c3=O)CC2)n1. The fourth-order valence-corrected chi connectivity index (χ4v) is 3.96. The summed E-state index contributed by atoms with van der Waals surface area (Å²) in [6.45, 7) is 4.59. The maximum Gasteiger partial charge on any atom is 0.261 e. The highest BCUT2D eigenvalue weighted by Crippen LogP contribution is 2.25. The molecule has 0 spiro atoms. The summed E-state index contributed by atoms with van der Waals surface area (Å²) in [6, 6.07) is 7.52. The first-order chi connectivity index (χ1) is 11.7. The summed E-state index contributed by atoms with van der Waals surface area (Å²) in [7, 11) is 0. The number of benzene rings is 1. The summed E-state index contributed by atoms with van der Waals surface area (Å²) < 4.78 is 6.02. The molecular formula is C17H19N5OS. The molecule has 0 amide bonds. The van der Waals surface area contributed by atoms with Crippen molar-refractivity contribution in [1.29, 1.82) is 0 Å². The van der Waals surface area contributed by atoms with E-state index in [1.807, 2.05) is 31.2 Å². The average molecular weight is 341 g/mol. The van der Waals surface area contributed by atoms with Gasteiger partial charge in [0.15, 0.2) is 0 Å². The van der Waals surface area contributed by atoms with Gasteiger partial charge in [-0.1, -0.05) is 12.1 Å². The molecule has 1 aromatic carbocycles. The second kappa shape index (κ2) is 6.32. The van der Waals surface area contributed by atoms with Crippen LogP contribution in [0.15, 0.2) is 35.4 Å². The van der Waals surface area contributed by atoms with Gasteiger partial charge in [0.05, 0.1) is 17.2 Å². The number of anilines is 1. The van der Waals surface area contributed by atoms with Gasteiger partial charge in [-0.3, -0.25) is 9.36 Å². The summed E-state index contributed by atoms with van der Waals surface area (Å²) in [4.78, 5) is 23.7. The lowest BCUT2D eigenvalue weighted by molar-refractivity contribution is 0.352. The molecule has 0 N–H and O–H groups in total. The molecule has 6 nitrogen and oxygen atoms in total. The van der Waals surface area contributed by atoms with E-state index in [1.165, 1.54) is 11.5 Å². The Labute approximate surface area is 144 Å². The number of hydrogen-bond acceptors (Lipinski definition) is 6. The molecule has 7 heteroatoms. The molecule has 3 aromatic rings. The number of hydrogen-bond donors (Lipinski definition) is 0. The second-order valence-electron chi connectivity index (χ2n) is 6.27. The van der Waals surface area contributed by atoms with Gasteiger partial charge in [0, 0.05) is 31.2 Å². The molecule has 124 valence electrons. The lowest BCUT2D eigenvalue weighted by Crippen LogP contribution is -2.36. The van der Waals surface area contributed by atoms with E-state index in [0.29, 0.717) is 11.3 Å². The average Bonchev–Trinajstić information content (AvgIpc) is 3.05. The van der Waals surface area contributed by atoms with Crippen molar-refractivity contribution in [2.45, 2.75) is 26.3 Å². The molecule has 0 unspecified atom stereocenters. The molecule has 0 radical (unpaired) electrons. The molecule has 1 fully saturated rings. The molecule has 4 rings (SSSR count). The zero-order chi connectivity index (χ0) is 16.5. The van der Waals surface area contributed by atoms with Crippen molar-refractivity contribution in [3.05, 3.63) is 46.8 Å². The molecule has 1 aliphatic heterocycles. The molecule has 0 saturated carbocycles. The first-order valence-corrected chi connectivity index (χ1v) is 8.97. The van der Waals surface area contributed by atoms with Crippen molar-refractivity contribution < 1.29 is 0 Å². The summed E-state index contributed by atoms with van der Waals surface area (Å²) in [5.41, 5.74) is 0.822. The maximum atomic E-state index is 12.6. The van der Waals surface area contributed by atoms with Crippen LogP contribution >= 0.6 is 11.5 Å². The van der Waals surface area contributed by atoms with Crippen LogP contribution in [-0.2, 0) is 6.54 Å². The van der Waals surface area contributed by atoms with Crippen molar-refractivity contribution >= 4 is 27.6 Å². The van der Waals surface area contributed by atoms with E-state index in [-0.39, 0.29) is 5.56 Å². The Hall–Kier alpha value is -2.28. The first kappa shape index (κ1) is 15.3. The van der Waals surface area contributed by atoms with Crippen LogP contribution in [0.25, 0.3) is 10.9 Å². The first-order valence-electron chi connectivity index (χ1n) is 8.20. The van der Waals surface area contributed by atoms with Crippen molar-refractivity contribution in [3.8, 4) is 0 Å². The lowest BCUT2D eigenvalue weighted by Gasteiger charge is -2.31. The quantitative estimate of drug-likeness (QED) is 0.732. The van der Waals surface area contributed by atoms with Crippen LogP contribution in [0.3, 0.4) is 0 Å². The number of aromatic nitrogens is 4. The molecule has 0 bridgehead atoms. The van der Waals surface area contributed by atoms with Gasteiger partial charge < -0.3 is 4.90 Å². The van der Waals surface area contributed by atoms with E-state index in [0.717, 1.165) is 48.9 Å². The van der Waals surface area contributed by atoms with E-state index in [2.05, 4.69) is 19.2 Å². The maximum absolute atomic E-state index is 12.6. The molecule has 0 atom stereocenters. The predicted octanol–water partition coefficient (Wildman–Crippen LogP) is 2.47. The Morgan fingerprint density at radius 2 is 2.04 bits per heavy atom. The summed E-state index contributed by atoms with van der Waals surface area (Å²) >= 11 is 1.46. The fourth-order valence-electron chi connectivity index (χ4n) is 3.24. The monoisotopic (exact) mass is 341 g/mol. The Morgan fingerprint density at radius 1 is 1.25 bits per heavy atom. The van der Waals surface area contributed by atoms with Crippen LogP contribution in [0.4, 0.5) is 5.13 Å². The molecule has 3 heterocycles. The topological polar surface area (TPSA) is 63.9 Å². The molecular weight excluding hydrogens is 322 g/mol. The number of aryl methyl sites for hydroxylation is 1. The minimum atomic E-state index is 0.0581. The van der Waals surface area contributed by atoms with E-state index in [9.17, 15) is 4.79 Å². The Kier molecular flexibility index (Phi) is 4.02. The third-order valence-electron chi connectivity index (χ3n) is 4.59. The van der Waals surface area contributed by atoms with E-state index >= 15 is 0 Å². The molecule has 2 aromatic heterocycles. The van der Waals surface area contributed by atoms with Crippen LogP contribution in [0.2, 0.25) is 0 Å². The molecule has 24 heavy (non-hydrogen) atoms. The van der Waals surface area contributed by atoms with Crippen molar-refractivity contribution in [3.63, 3.8) is 0 Å². The van der Waals surface area contributed by atoms with Crippen LogP contribution in [0.5, 0.6) is 0 Å². The summed E-state index contributed by atoms with van der Waals surface area (Å²) in [5.74, 6) is 1.34. The molecule has 1 saturated heterocycles. The zero-order valence-electron chi connectivity index (χ0n) is 13.6. The standard InChI is InChI=1S/C17H19N5OS/c1-12-19-17(24-20-12)21-8-6-13(7-9-21)10-22-11-18-15-5-3-2-4-14(15)16(22)23/h2-5,11,13H,6-10H2,1H3. The van der Waals surface area contributed by atoms with Gasteiger partial charge in [0.25, 0.3) is 5.56 Å². The van der Waals surface area contributed by atoms with Gasteiger partial charge in [-0.2, -0.15) is 4.37 Å². The smallest absolute Gasteiger partial charge is 0.261 e. The minimum Gasteiger partial charge on any atom is -0.347 e. The normalized spacial score (nSPS) is 16.0. The van der Waals surface area contributed by atoms with Gasteiger partial charge >= 0.3 is 0 Å². The minimum absolute atomic E-state index is 0.0581. The van der Waals surface area contributed by atoms with Crippen molar-refractivity contribution in [2.24, 2.45) is 5.92 Å². The highest BCUT2D eigenvalue weighted by atomic mass is 32.1. The molecule has 1 aliphatic rings. The van der Waals surface area contributed by atoms with E-state index < -0.39 is 0 Å². The predicted molar refractivity (Wildman–Crippen MR) is 95.6 cm³/mol. The van der Waals surface area contributed by atoms with Gasteiger partial charge in [-0.05, 0) is 37.8 Å². The Bertz CT molecular complexity index is 910. The van der Waals surface area contributed by atoms with E-state index in [1.54, 1.807) is 10.9 Å². The number of para-hydroxylation sites is 1. The lowest BCUT2D eigenvalue weighted by atomic mass is 9.97. The fraction of sp³-hybridized carbons (Fsp3) is 0.412. The zero-order valence-corrected chi connectivity index (χ0v) is 14.4. The van der Waals surface area contributed by atoms with Gasteiger partial charge in [-0.15, -0.1) is 0 Å². The third kappa shape index (κ3) is 2.91. The third-order valence-corrected chi connectivity index (χ3v) is 5.46. The van der Waals surface area contributed by atoms with Crippen molar-refractivity contribution in [1.82, 2.24) is 18.9 Å². The van der Waals surface area contributed by atoms with Crippen molar-refractivity contribution in [2.75, 3.05) is 18.0 Å². The highest BCUT2D eigenvalue weighted by molar-refractivity contribution is 7.09. The molecule has 0 aliphatic carbocycles. The number of nitrogens with zero attached hydrogens (tertiary/aromatic N) is 5. The van der Waals surface area contributed by atoms with Crippen LogP contribution in [0, 0.1) is 12.8 Å². The number of fused-ring (bicyclic) bond motifs is 1. The number of piperidine rings is 1. The van der Waals surface area contributed by atoms with Gasteiger partial charge in [0.2, 0.25) is 5.13 Å². The van der Waals surface area contributed by atoms with Gasteiger partial charge in [0.1, 0.15) is 5.82 Å². The van der Waals surface area contributed by atoms with Crippen LogP contribution < -0.4 is 10.5 Å². The second-order valence-corrected chi connectivity index (χ2v) is 7.00. The van der Waals surface area contributed by atoms with Gasteiger partial charge in [-0.25, -0.2) is 9.97 Å². The number of rotatable bonds is 3. The van der Waals surface area contributed by atoms with E-state index in [4.69, 9.17) is 0 Å². The Balaban J connectivity index is 1.46. The van der Waals surface area contributed by atoms with Crippen LogP contribution in [0.1, 0.15) is 18.7 Å².